The summed E-state index contributed by atoms with van der Waals surface area (Å²) in [6.07, 6.45) is 2.12. The van der Waals surface area contributed by atoms with E-state index >= 15 is 0 Å². The van der Waals surface area contributed by atoms with Gasteiger partial charge < -0.3 is 10.2 Å². The van der Waals surface area contributed by atoms with Gasteiger partial charge in [-0.2, -0.15) is 0 Å². The summed E-state index contributed by atoms with van der Waals surface area (Å²) in [5.41, 5.74) is 2.45. The van der Waals surface area contributed by atoms with Crippen molar-refractivity contribution in [2.24, 2.45) is 5.92 Å². The number of piperidine rings is 1. The SMILES string of the molecule is Cc1cccc(CN(C)C(=O)[C@@H]2CCCNC2)c1. The van der Waals surface area contributed by atoms with Gasteiger partial charge in [0, 0.05) is 20.1 Å². The highest BCUT2D eigenvalue weighted by molar-refractivity contribution is 5.78. The first-order valence-corrected chi connectivity index (χ1v) is 6.68. The van der Waals surface area contributed by atoms with Gasteiger partial charge in [-0.25, -0.2) is 0 Å². The molecule has 3 heteroatoms. The molecule has 0 bridgehead atoms. The summed E-state index contributed by atoms with van der Waals surface area (Å²) in [5, 5.41) is 3.30. The van der Waals surface area contributed by atoms with Gasteiger partial charge in [0.1, 0.15) is 0 Å². The third-order valence-corrected chi connectivity index (χ3v) is 3.52. The molecular weight excluding hydrogens is 224 g/mol. The second-order valence-electron chi connectivity index (χ2n) is 5.23. The van der Waals surface area contributed by atoms with Crippen molar-refractivity contribution in [3.05, 3.63) is 35.4 Å². The van der Waals surface area contributed by atoms with Crippen LogP contribution < -0.4 is 5.32 Å². The van der Waals surface area contributed by atoms with E-state index in [4.69, 9.17) is 0 Å². The first-order valence-electron chi connectivity index (χ1n) is 6.68. The smallest absolute Gasteiger partial charge is 0.227 e. The van der Waals surface area contributed by atoms with Crippen LogP contribution in [-0.4, -0.2) is 30.9 Å². The molecule has 0 radical (unpaired) electrons. The van der Waals surface area contributed by atoms with Gasteiger partial charge in [-0.05, 0) is 31.9 Å². The molecule has 1 aliphatic heterocycles. The Hall–Kier alpha value is -1.35. The Morgan fingerprint density at radius 1 is 1.50 bits per heavy atom. The van der Waals surface area contributed by atoms with Crippen LogP contribution in [0.2, 0.25) is 0 Å². The van der Waals surface area contributed by atoms with Crippen LogP contribution in [0.25, 0.3) is 0 Å². The van der Waals surface area contributed by atoms with Crippen molar-refractivity contribution in [1.82, 2.24) is 10.2 Å². The normalized spacial score (nSPS) is 19.6. The molecule has 0 unspecified atom stereocenters. The zero-order chi connectivity index (χ0) is 13.0. The minimum absolute atomic E-state index is 0.161. The van der Waals surface area contributed by atoms with Gasteiger partial charge in [0.05, 0.1) is 5.92 Å². The summed E-state index contributed by atoms with van der Waals surface area (Å²) >= 11 is 0. The van der Waals surface area contributed by atoms with Crippen LogP contribution in [0.3, 0.4) is 0 Å². The Kier molecular flexibility index (Phi) is 4.37. The molecule has 1 atom stereocenters. The maximum absolute atomic E-state index is 12.3. The molecule has 1 aromatic carbocycles. The molecule has 18 heavy (non-hydrogen) atoms. The molecule has 1 fully saturated rings. The molecule has 0 aliphatic carbocycles. The highest BCUT2D eigenvalue weighted by Gasteiger charge is 2.23. The third kappa shape index (κ3) is 3.33. The Labute approximate surface area is 109 Å². The maximum Gasteiger partial charge on any atom is 0.227 e. The van der Waals surface area contributed by atoms with E-state index in [9.17, 15) is 4.79 Å². The van der Waals surface area contributed by atoms with Gasteiger partial charge in [0.2, 0.25) is 5.91 Å². The number of nitrogens with one attached hydrogen (secondary N) is 1. The van der Waals surface area contributed by atoms with Crippen LogP contribution in [0.1, 0.15) is 24.0 Å². The number of carbonyl (C=O) groups excluding carboxylic acids is 1. The topological polar surface area (TPSA) is 32.3 Å². The molecule has 1 N–H and O–H groups in total. The lowest BCUT2D eigenvalue weighted by Crippen LogP contribution is -2.41. The van der Waals surface area contributed by atoms with Crippen molar-refractivity contribution in [1.29, 1.82) is 0 Å². The van der Waals surface area contributed by atoms with Gasteiger partial charge in [-0.1, -0.05) is 29.8 Å². The Morgan fingerprint density at radius 3 is 3.00 bits per heavy atom. The molecule has 0 aromatic heterocycles. The Balaban J connectivity index is 1.94. The number of amides is 1. The van der Waals surface area contributed by atoms with Gasteiger partial charge in [-0.15, -0.1) is 0 Å². The average molecular weight is 246 g/mol. The summed E-state index contributed by atoms with van der Waals surface area (Å²) in [7, 11) is 1.90. The molecule has 98 valence electrons. The molecule has 0 spiro atoms. The first-order chi connectivity index (χ1) is 8.66. The lowest BCUT2D eigenvalue weighted by molar-refractivity contribution is -0.135. The number of hydrogen-bond donors (Lipinski definition) is 1. The van der Waals surface area contributed by atoms with E-state index < -0.39 is 0 Å². The molecule has 0 saturated carbocycles. The molecule has 1 amide bonds. The summed E-state index contributed by atoms with van der Waals surface area (Å²) in [6.45, 7) is 4.66. The van der Waals surface area contributed by atoms with Crippen molar-refractivity contribution in [3.63, 3.8) is 0 Å². The quantitative estimate of drug-likeness (QED) is 0.884. The maximum atomic E-state index is 12.3. The summed E-state index contributed by atoms with van der Waals surface area (Å²) in [5.74, 6) is 0.428. The summed E-state index contributed by atoms with van der Waals surface area (Å²) in [4.78, 5) is 14.1. The minimum atomic E-state index is 0.161. The van der Waals surface area contributed by atoms with Crippen LogP contribution in [0, 0.1) is 12.8 Å². The fourth-order valence-electron chi connectivity index (χ4n) is 2.54. The minimum Gasteiger partial charge on any atom is -0.341 e. The van der Waals surface area contributed by atoms with Crippen LogP contribution >= 0.6 is 0 Å². The average Bonchev–Trinajstić information content (AvgIpc) is 2.39. The van der Waals surface area contributed by atoms with E-state index in [-0.39, 0.29) is 11.8 Å². The molecular formula is C15H22N2O. The van der Waals surface area contributed by atoms with E-state index in [2.05, 4.69) is 30.4 Å². The van der Waals surface area contributed by atoms with Crippen LogP contribution in [0.4, 0.5) is 0 Å². The van der Waals surface area contributed by atoms with Crippen molar-refractivity contribution in [2.75, 3.05) is 20.1 Å². The Morgan fingerprint density at radius 2 is 2.33 bits per heavy atom. The number of nitrogens with zero attached hydrogens (tertiary/aromatic N) is 1. The van der Waals surface area contributed by atoms with Crippen molar-refractivity contribution in [3.8, 4) is 0 Å². The molecule has 2 rings (SSSR count). The predicted molar refractivity (Wildman–Crippen MR) is 73.2 cm³/mol. The number of carbonyl (C=O) groups is 1. The van der Waals surface area contributed by atoms with Gasteiger partial charge >= 0.3 is 0 Å². The Bertz CT molecular complexity index is 411. The molecule has 1 aliphatic rings. The number of rotatable bonds is 3. The molecule has 3 nitrogen and oxygen atoms in total. The lowest BCUT2D eigenvalue weighted by Gasteiger charge is -2.27. The van der Waals surface area contributed by atoms with Gasteiger partial charge in [-0.3, -0.25) is 4.79 Å². The fraction of sp³-hybridized carbons (Fsp3) is 0.533. The van der Waals surface area contributed by atoms with Gasteiger partial charge in [0.15, 0.2) is 0 Å². The third-order valence-electron chi connectivity index (χ3n) is 3.52. The summed E-state index contributed by atoms with van der Waals surface area (Å²) in [6, 6.07) is 8.35. The zero-order valence-electron chi connectivity index (χ0n) is 11.3. The standard InChI is InChI=1S/C15H22N2O/c1-12-5-3-6-13(9-12)11-17(2)15(18)14-7-4-8-16-10-14/h3,5-6,9,14,16H,4,7-8,10-11H2,1-2H3/t14-/m1/s1. The largest absolute Gasteiger partial charge is 0.341 e. The van der Waals surface area contributed by atoms with Gasteiger partial charge in [0.25, 0.3) is 0 Å². The monoisotopic (exact) mass is 246 g/mol. The predicted octanol–water partition coefficient (Wildman–Crippen LogP) is 1.95. The zero-order valence-corrected chi connectivity index (χ0v) is 11.3. The second kappa shape index (κ2) is 6.01. The van der Waals surface area contributed by atoms with Crippen molar-refractivity contribution >= 4 is 5.91 Å². The van der Waals surface area contributed by atoms with E-state index in [1.165, 1.54) is 11.1 Å². The highest BCUT2D eigenvalue weighted by atomic mass is 16.2. The number of benzene rings is 1. The van der Waals surface area contributed by atoms with E-state index in [1.807, 2.05) is 18.0 Å². The first kappa shape index (κ1) is 13.1. The van der Waals surface area contributed by atoms with Crippen LogP contribution in [0.5, 0.6) is 0 Å². The highest BCUT2D eigenvalue weighted by Crippen LogP contribution is 2.14. The van der Waals surface area contributed by atoms with E-state index in [1.54, 1.807) is 0 Å². The molecule has 1 aromatic rings. The summed E-state index contributed by atoms with van der Waals surface area (Å²) < 4.78 is 0. The van der Waals surface area contributed by atoms with Crippen molar-refractivity contribution < 1.29 is 4.79 Å². The van der Waals surface area contributed by atoms with Crippen molar-refractivity contribution in [2.45, 2.75) is 26.3 Å². The lowest BCUT2D eigenvalue weighted by atomic mass is 9.98. The van der Waals surface area contributed by atoms with E-state index in [0.29, 0.717) is 6.54 Å². The molecule has 1 heterocycles. The number of aryl methyl sites for hydroxylation is 1. The fourth-order valence-corrected chi connectivity index (χ4v) is 2.54. The van der Waals surface area contributed by atoms with E-state index in [0.717, 1.165) is 25.9 Å². The number of hydrogen-bond acceptors (Lipinski definition) is 2. The van der Waals surface area contributed by atoms with Crippen LogP contribution in [-0.2, 0) is 11.3 Å². The van der Waals surface area contributed by atoms with Crippen LogP contribution in [0.15, 0.2) is 24.3 Å². The second-order valence-corrected chi connectivity index (χ2v) is 5.23. The molecule has 1 saturated heterocycles.